The summed E-state index contributed by atoms with van der Waals surface area (Å²) in [5.74, 6) is 1.93. The van der Waals surface area contributed by atoms with Crippen LogP contribution >= 0.6 is 11.3 Å². The van der Waals surface area contributed by atoms with Gasteiger partial charge in [-0.2, -0.15) is 0 Å². The minimum absolute atomic E-state index is 0.122. The highest BCUT2D eigenvalue weighted by molar-refractivity contribution is 7.13. The van der Waals surface area contributed by atoms with Crippen LogP contribution in [0.25, 0.3) is 11.0 Å². The van der Waals surface area contributed by atoms with Crippen molar-refractivity contribution >= 4 is 28.3 Å². The van der Waals surface area contributed by atoms with Crippen molar-refractivity contribution in [3.63, 3.8) is 0 Å². The van der Waals surface area contributed by atoms with E-state index in [4.69, 9.17) is 4.98 Å². The summed E-state index contributed by atoms with van der Waals surface area (Å²) in [4.78, 5) is 24.7. The summed E-state index contributed by atoms with van der Waals surface area (Å²) in [6.45, 7) is 5.39. The highest BCUT2D eigenvalue weighted by Gasteiger charge is 2.38. The number of carbonyl (C=O) groups is 1. The molecule has 5 rings (SSSR count). The van der Waals surface area contributed by atoms with E-state index in [1.807, 2.05) is 24.8 Å². The van der Waals surface area contributed by atoms with Crippen molar-refractivity contribution in [2.24, 2.45) is 0 Å². The predicted octanol–water partition coefficient (Wildman–Crippen LogP) is 3.68. The van der Waals surface area contributed by atoms with Crippen LogP contribution in [0.4, 0.5) is 0 Å². The van der Waals surface area contributed by atoms with Crippen LogP contribution in [0.15, 0.2) is 24.3 Å². The maximum atomic E-state index is 12.7. The molecule has 0 N–H and O–H groups in total. The fourth-order valence-corrected chi connectivity index (χ4v) is 4.62. The largest absolute Gasteiger partial charge is 0.334 e. The van der Waals surface area contributed by atoms with Crippen LogP contribution in [-0.2, 0) is 0 Å². The summed E-state index contributed by atoms with van der Waals surface area (Å²) in [6.07, 6.45) is 2.47. The molecular weight excluding hydrogens is 332 g/mol. The number of aryl methyl sites for hydroxylation is 2. The molecule has 0 unspecified atom stereocenters. The first-order valence-electron chi connectivity index (χ1n) is 8.82. The third-order valence-electron chi connectivity index (χ3n) is 5.18. The lowest BCUT2D eigenvalue weighted by Gasteiger charge is -2.40. The highest BCUT2D eigenvalue weighted by atomic mass is 32.1. The van der Waals surface area contributed by atoms with Gasteiger partial charge in [-0.05, 0) is 38.8 Å². The molecule has 0 bridgehead atoms. The quantitative estimate of drug-likeness (QED) is 0.722. The molecule has 2 aliphatic rings. The van der Waals surface area contributed by atoms with Gasteiger partial charge in [-0.25, -0.2) is 9.97 Å². The molecule has 1 aliphatic carbocycles. The van der Waals surface area contributed by atoms with E-state index < -0.39 is 0 Å². The number of para-hydroxylation sites is 2. The van der Waals surface area contributed by atoms with Gasteiger partial charge in [0.25, 0.3) is 5.91 Å². The molecule has 5 nitrogen and oxygen atoms in total. The zero-order valence-electron chi connectivity index (χ0n) is 14.4. The van der Waals surface area contributed by atoms with E-state index in [0.29, 0.717) is 12.0 Å². The number of thiazole rings is 1. The smallest absolute Gasteiger partial charge is 0.266 e. The first-order chi connectivity index (χ1) is 12.1. The maximum Gasteiger partial charge on any atom is 0.266 e. The van der Waals surface area contributed by atoms with Crippen molar-refractivity contribution < 1.29 is 4.79 Å². The SMILES string of the molecule is Cc1nc(C)c(C(=O)N2CC(n3c(C4CC4)nc4ccccc43)C2)s1. The van der Waals surface area contributed by atoms with Crippen LogP contribution in [0.1, 0.15) is 51.0 Å². The monoisotopic (exact) mass is 352 g/mol. The Hall–Kier alpha value is -2.21. The Morgan fingerprint density at radius 2 is 1.92 bits per heavy atom. The van der Waals surface area contributed by atoms with Crippen molar-refractivity contribution in [3.8, 4) is 0 Å². The molecular formula is C19H20N4OS. The highest BCUT2D eigenvalue weighted by Crippen LogP contribution is 2.43. The molecule has 3 aromatic rings. The molecule has 1 saturated carbocycles. The minimum atomic E-state index is 0.122. The van der Waals surface area contributed by atoms with E-state index in [0.717, 1.165) is 34.2 Å². The number of nitrogens with zero attached hydrogens (tertiary/aromatic N) is 4. The van der Waals surface area contributed by atoms with Crippen molar-refractivity contribution in [1.82, 2.24) is 19.4 Å². The second-order valence-corrected chi connectivity index (χ2v) is 8.32. The molecule has 0 atom stereocenters. The Kier molecular flexibility index (Phi) is 3.25. The first-order valence-corrected chi connectivity index (χ1v) is 9.63. The Bertz CT molecular complexity index is 979. The number of carbonyl (C=O) groups excluding carboxylic acids is 1. The number of aromatic nitrogens is 3. The topological polar surface area (TPSA) is 51.0 Å². The summed E-state index contributed by atoms with van der Waals surface area (Å²) in [5.41, 5.74) is 3.12. The molecule has 0 radical (unpaired) electrons. The van der Waals surface area contributed by atoms with E-state index in [1.165, 1.54) is 35.5 Å². The Morgan fingerprint density at radius 1 is 1.16 bits per heavy atom. The standard InChI is InChI=1S/C19H20N4OS/c1-11-17(25-12(2)20-11)19(24)22-9-14(10-22)23-16-6-4-3-5-15(16)21-18(23)13-7-8-13/h3-6,13-14H,7-10H2,1-2H3. The second kappa shape index (κ2) is 5.39. The molecule has 1 amide bonds. The number of imidazole rings is 1. The molecule has 0 spiro atoms. The van der Waals surface area contributed by atoms with Gasteiger partial charge in [0.15, 0.2) is 0 Å². The van der Waals surface area contributed by atoms with E-state index >= 15 is 0 Å². The normalized spacial score (nSPS) is 17.9. The molecule has 128 valence electrons. The Balaban J connectivity index is 1.42. The Labute approximate surface area is 150 Å². The molecule has 2 fully saturated rings. The molecule has 3 heterocycles. The zero-order chi connectivity index (χ0) is 17.1. The van der Waals surface area contributed by atoms with Gasteiger partial charge in [-0.1, -0.05) is 12.1 Å². The van der Waals surface area contributed by atoms with Crippen LogP contribution in [-0.4, -0.2) is 38.4 Å². The lowest BCUT2D eigenvalue weighted by atomic mass is 10.1. The van der Waals surface area contributed by atoms with Gasteiger partial charge in [-0.15, -0.1) is 11.3 Å². The van der Waals surface area contributed by atoms with Gasteiger partial charge in [-0.3, -0.25) is 4.79 Å². The van der Waals surface area contributed by atoms with Gasteiger partial charge < -0.3 is 9.47 Å². The lowest BCUT2D eigenvalue weighted by molar-refractivity contribution is 0.0526. The van der Waals surface area contributed by atoms with Crippen molar-refractivity contribution in [2.75, 3.05) is 13.1 Å². The number of likely N-dealkylation sites (tertiary alicyclic amines) is 1. The van der Waals surface area contributed by atoms with Gasteiger partial charge in [0.05, 0.1) is 27.8 Å². The Morgan fingerprint density at radius 3 is 2.60 bits per heavy atom. The minimum Gasteiger partial charge on any atom is -0.334 e. The number of rotatable bonds is 3. The number of hydrogen-bond acceptors (Lipinski definition) is 4. The van der Waals surface area contributed by atoms with Crippen LogP contribution in [0.5, 0.6) is 0 Å². The predicted molar refractivity (Wildman–Crippen MR) is 98.2 cm³/mol. The molecule has 25 heavy (non-hydrogen) atoms. The third-order valence-corrected chi connectivity index (χ3v) is 6.24. The number of fused-ring (bicyclic) bond motifs is 1. The molecule has 2 aromatic heterocycles. The number of amides is 1. The van der Waals surface area contributed by atoms with Crippen molar-refractivity contribution in [3.05, 3.63) is 45.7 Å². The number of benzene rings is 1. The van der Waals surface area contributed by atoms with E-state index in [9.17, 15) is 4.79 Å². The third kappa shape index (κ3) is 2.39. The zero-order valence-corrected chi connectivity index (χ0v) is 15.2. The van der Waals surface area contributed by atoms with E-state index in [-0.39, 0.29) is 5.91 Å². The van der Waals surface area contributed by atoms with Crippen molar-refractivity contribution in [2.45, 2.75) is 38.6 Å². The van der Waals surface area contributed by atoms with E-state index in [1.54, 1.807) is 0 Å². The van der Waals surface area contributed by atoms with Gasteiger partial charge in [0.1, 0.15) is 10.7 Å². The lowest BCUT2D eigenvalue weighted by Crippen LogP contribution is -2.51. The second-order valence-electron chi connectivity index (χ2n) is 7.11. The first kappa shape index (κ1) is 15.1. The van der Waals surface area contributed by atoms with Crippen LogP contribution in [0.2, 0.25) is 0 Å². The average Bonchev–Trinajstić information content (AvgIpc) is 3.25. The van der Waals surface area contributed by atoms with Gasteiger partial charge in [0, 0.05) is 19.0 Å². The molecule has 1 saturated heterocycles. The summed E-state index contributed by atoms with van der Waals surface area (Å²) in [7, 11) is 0. The molecule has 1 aliphatic heterocycles. The fourth-order valence-electron chi connectivity index (χ4n) is 3.73. The summed E-state index contributed by atoms with van der Waals surface area (Å²) in [5, 5.41) is 0.953. The van der Waals surface area contributed by atoms with E-state index in [2.05, 4.69) is 27.8 Å². The van der Waals surface area contributed by atoms with Crippen LogP contribution in [0, 0.1) is 13.8 Å². The van der Waals surface area contributed by atoms with Crippen LogP contribution in [0.3, 0.4) is 0 Å². The summed E-state index contributed by atoms with van der Waals surface area (Å²) < 4.78 is 2.39. The van der Waals surface area contributed by atoms with Gasteiger partial charge in [0.2, 0.25) is 0 Å². The number of hydrogen-bond donors (Lipinski definition) is 0. The van der Waals surface area contributed by atoms with Crippen LogP contribution < -0.4 is 0 Å². The molecule has 1 aromatic carbocycles. The maximum absolute atomic E-state index is 12.7. The summed E-state index contributed by atoms with van der Waals surface area (Å²) >= 11 is 1.50. The molecule has 6 heteroatoms. The summed E-state index contributed by atoms with van der Waals surface area (Å²) in [6, 6.07) is 8.68. The fraction of sp³-hybridized carbons (Fsp3) is 0.421. The average molecular weight is 352 g/mol. The van der Waals surface area contributed by atoms with Gasteiger partial charge >= 0.3 is 0 Å². The van der Waals surface area contributed by atoms with Crippen molar-refractivity contribution in [1.29, 1.82) is 0 Å².